The van der Waals surface area contributed by atoms with Crippen LogP contribution >= 0.6 is 0 Å². The highest BCUT2D eigenvalue weighted by molar-refractivity contribution is 7.89. The Morgan fingerprint density at radius 2 is 1.79 bits per heavy atom. The van der Waals surface area contributed by atoms with Gasteiger partial charge >= 0.3 is 6.18 Å². The molecule has 8 nitrogen and oxygen atoms in total. The van der Waals surface area contributed by atoms with Crippen molar-refractivity contribution in [1.82, 2.24) is 0 Å². The van der Waals surface area contributed by atoms with Crippen LogP contribution in [0.15, 0.2) is 88.4 Å². The highest BCUT2D eigenvalue weighted by atomic mass is 32.2. The second-order valence-electron chi connectivity index (χ2n) is 8.72. The van der Waals surface area contributed by atoms with E-state index in [1.54, 1.807) is 48.5 Å². The predicted octanol–water partition coefficient (Wildman–Crippen LogP) is 3.83. The summed E-state index contributed by atoms with van der Waals surface area (Å²) in [6.45, 7) is 0.531. The lowest BCUT2D eigenvalue weighted by atomic mass is 10.0. The topological polar surface area (TPSA) is 152 Å². The number of amidine groups is 1. The number of rotatable bonds is 7. The number of fused-ring (bicyclic) bond motifs is 1. The Hall–Kier alpha value is -4.16. The van der Waals surface area contributed by atoms with Crippen LogP contribution in [0.1, 0.15) is 11.1 Å². The molecule has 3 aromatic rings. The van der Waals surface area contributed by atoms with Crippen molar-refractivity contribution in [2.24, 2.45) is 21.6 Å². The number of hydrogen-bond donors (Lipinski definition) is 4. The van der Waals surface area contributed by atoms with Crippen LogP contribution in [0.2, 0.25) is 0 Å². The van der Waals surface area contributed by atoms with Gasteiger partial charge in [-0.1, -0.05) is 36.4 Å². The second kappa shape index (κ2) is 10.3. The van der Waals surface area contributed by atoms with Crippen LogP contribution in [-0.2, 0) is 16.4 Å². The molecule has 1 heterocycles. The van der Waals surface area contributed by atoms with Gasteiger partial charge in [-0.2, -0.15) is 13.2 Å². The van der Waals surface area contributed by atoms with Crippen molar-refractivity contribution >= 4 is 32.9 Å². The zero-order valence-corrected chi connectivity index (χ0v) is 20.9. The molecule has 3 aromatic carbocycles. The van der Waals surface area contributed by atoms with E-state index in [0.29, 0.717) is 35.3 Å². The third kappa shape index (κ3) is 6.03. The fourth-order valence-corrected chi connectivity index (χ4v) is 4.99. The smallest absolute Gasteiger partial charge is 0.395 e. The summed E-state index contributed by atoms with van der Waals surface area (Å²) in [5, 5.41) is 13.0. The number of anilines is 1. The molecule has 1 aliphatic rings. The van der Waals surface area contributed by atoms with Gasteiger partial charge in [0.1, 0.15) is 11.5 Å². The number of alkyl halides is 3. The molecule has 0 aliphatic carbocycles. The third-order valence-electron chi connectivity index (χ3n) is 6.01. The van der Waals surface area contributed by atoms with E-state index >= 15 is 0 Å². The van der Waals surface area contributed by atoms with E-state index in [1.165, 1.54) is 12.1 Å². The second-order valence-corrected chi connectivity index (χ2v) is 10.3. The Bertz CT molecular complexity index is 1570. The standard InChI is InChI=1S/C26H25F3N6O2S/c27-26(28,29)24(30)14-20(34-19-5-3-4-18(13-19)25(31)32)15-35-11-10-17-12-16(8-9-22(17)35)21-6-1-2-7-23(21)38(33,36)37/h1-9,12-14H,10-11,15,30H2,(H3,31,32)(H2,33,36,37). The average molecular weight is 543 g/mol. The molecule has 198 valence electrons. The Morgan fingerprint density at radius 3 is 2.47 bits per heavy atom. The number of allylic oxidation sites excluding steroid dienone is 1. The van der Waals surface area contributed by atoms with Crippen molar-refractivity contribution in [2.75, 3.05) is 18.0 Å². The molecule has 0 bridgehead atoms. The van der Waals surface area contributed by atoms with E-state index in [9.17, 15) is 21.6 Å². The van der Waals surface area contributed by atoms with Crippen molar-refractivity contribution in [3.05, 3.63) is 89.6 Å². The number of nitrogen functional groups attached to an aromatic ring is 1. The summed E-state index contributed by atoms with van der Waals surface area (Å²) in [4.78, 5) is 6.26. The van der Waals surface area contributed by atoms with Crippen LogP contribution in [0.5, 0.6) is 0 Å². The first-order chi connectivity index (χ1) is 17.8. The van der Waals surface area contributed by atoms with E-state index in [1.807, 2.05) is 11.0 Å². The van der Waals surface area contributed by atoms with Crippen molar-refractivity contribution in [1.29, 1.82) is 5.41 Å². The first-order valence-corrected chi connectivity index (χ1v) is 12.9. The maximum absolute atomic E-state index is 13.2. The minimum atomic E-state index is -4.73. The van der Waals surface area contributed by atoms with Crippen LogP contribution in [0.3, 0.4) is 0 Å². The fraction of sp³-hybridized carbons (Fsp3) is 0.154. The molecular formula is C26H25F3N6O2S. The number of halogens is 3. The van der Waals surface area contributed by atoms with E-state index in [-0.39, 0.29) is 23.0 Å². The minimum Gasteiger partial charge on any atom is -0.395 e. The summed E-state index contributed by atoms with van der Waals surface area (Å²) in [6.07, 6.45) is -3.34. The molecule has 38 heavy (non-hydrogen) atoms. The number of primary sulfonamides is 1. The molecule has 0 saturated heterocycles. The molecule has 0 unspecified atom stereocenters. The predicted molar refractivity (Wildman–Crippen MR) is 142 cm³/mol. The van der Waals surface area contributed by atoms with Crippen molar-refractivity contribution < 1.29 is 21.6 Å². The van der Waals surface area contributed by atoms with Crippen LogP contribution < -0.4 is 21.5 Å². The highest BCUT2D eigenvalue weighted by Gasteiger charge is 2.32. The normalized spacial score (nSPS) is 14.5. The SMILES string of the molecule is N=C(N)c1cccc(N=C(C=C(N)C(F)(F)F)CN2CCc3cc(-c4ccccc4S(N)(=O)=O)ccc32)c1. The number of nitrogens with two attached hydrogens (primary N) is 3. The number of aliphatic imine (C=N–C) groups is 1. The van der Waals surface area contributed by atoms with Crippen molar-refractivity contribution in [2.45, 2.75) is 17.5 Å². The fourth-order valence-electron chi connectivity index (χ4n) is 4.23. The lowest BCUT2D eigenvalue weighted by Gasteiger charge is -2.20. The molecule has 7 N–H and O–H groups in total. The average Bonchev–Trinajstić information content (AvgIpc) is 3.25. The van der Waals surface area contributed by atoms with Gasteiger partial charge in [0.2, 0.25) is 10.0 Å². The molecule has 0 radical (unpaired) electrons. The molecule has 0 spiro atoms. The summed E-state index contributed by atoms with van der Waals surface area (Å²) in [5.74, 6) is -0.192. The molecule has 4 rings (SSSR count). The van der Waals surface area contributed by atoms with Gasteiger partial charge in [-0.15, -0.1) is 0 Å². The van der Waals surface area contributed by atoms with Gasteiger partial charge in [0.25, 0.3) is 0 Å². The highest BCUT2D eigenvalue weighted by Crippen LogP contribution is 2.34. The number of nitrogens with zero attached hydrogens (tertiary/aromatic N) is 2. The van der Waals surface area contributed by atoms with E-state index < -0.39 is 21.9 Å². The van der Waals surface area contributed by atoms with E-state index in [2.05, 4.69) is 4.99 Å². The zero-order valence-electron chi connectivity index (χ0n) is 20.0. The van der Waals surface area contributed by atoms with Gasteiger partial charge < -0.3 is 16.4 Å². The molecule has 0 amide bonds. The van der Waals surface area contributed by atoms with Gasteiger partial charge in [0, 0.05) is 23.4 Å². The number of benzene rings is 3. The van der Waals surface area contributed by atoms with Crippen LogP contribution in [0.25, 0.3) is 11.1 Å². The largest absolute Gasteiger partial charge is 0.430 e. The Morgan fingerprint density at radius 1 is 1.05 bits per heavy atom. The molecule has 0 atom stereocenters. The zero-order chi connectivity index (χ0) is 27.7. The number of nitrogens with one attached hydrogen (secondary N) is 1. The summed E-state index contributed by atoms with van der Waals surface area (Å²) in [5.41, 5.74) is 13.1. The molecule has 0 saturated carbocycles. The Balaban J connectivity index is 1.69. The van der Waals surface area contributed by atoms with Crippen LogP contribution in [-0.4, -0.2) is 39.2 Å². The first kappa shape index (κ1) is 26.9. The van der Waals surface area contributed by atoms with Crippen LogP contribution in [0, 0.1) is 5.41 Å². The quantitative estimate of drug-likeness (QED) is 0.264. The minimum absolute atomic E-state index is 0.00442. The molecular weight excluding hydrogens is 517 g/mol. The number of hydrogen-bond acceptors (Lipinski definition) is 6. The summed E-state index contributed by atoms with van der Waals surface area (Å²) in [7, 11) is -3.94. The van der Waals surface area contributed by atoms with E-state index in [4.69, 9.17) is 22.0 Å². The maximum atomic E-state index is 13.2. The lowest BCUT2D eigenvalue weighted by Crippen LogP contribution is -2.29. The van der Waals surface area contributed by atoms with Crippen molar-refractivity contribution in [3.8, 4) is 11.1 Å². The molecule has 0 aromatic heterocycles. The summed E-state index contributed by atoms with van der Waals surface area (Å²) >= 11 is 0. The molecule has 1 aliphatic heterocycles. The molecule has 0 fully saturated rings. The Kier molecular flexibility index (Phi) is 7.29. The summed E-state index contributed by atoms with van der Waals surface area (Å²) in [6, 6.07) is 18.1. The van der Waals surface area contributed by atoms with Crippen molar-refractivity contribution in [3.63, 3.8) is 0 Å². The molecule has 12 heteroatoms. The summed E-state index contributed by atoms with van der Waals surface area (Å²) < 4.78 is 63.8. The van der Waals surface area contributed by atoms with Gasteiger partial charge in [-0.25, -0.2) is 13.6 Å². The first-order valence-electron chi connectivity index (χ1n) is 11.4. The van der Waals surface area contributed by atoms with Gasteiger partial charge in [-0.3, -0.25) is 10.4 Å². The lowest BCUT2D eigenvalue weighted by molar-refractivity contribution is -0.0925. The Labute approximate surface area is 217 Å². The van der Waals surface area contributed by atoms with E-state index in [0.717, 1.165) is 17.3 Å². The number of sulfonamides is 1. The third-order valence-corrected chi connectivity index (χ3v) is 6.98. The van der Waals surface area contributed by atoms with Gasteiger partial charge in [0.15, 0.2) is 0 Å². The van der Waals surface area contributed by atoms with Crippen LogP contribution in [0.4, 0.5) is 24.5 Å². The van der Waals surface area contributed by atoms with Gasteiger partial charge in [-0.05, 0) is 54.0 Å². The maximum Gasteiger partial charge on any atom is 0.430 e. The van der Waals surface area contributed by atoms with Gasteiger partial charge in [0.05, 0.1) is 22.8 Å². The monoisotopic (exact) mass is 542 g/mol.